The van der Waals surface area contributed by atoms with Crippen molar-refractivity contribution in [3.8, 4) is 5.75 Å². The molecule has 3 rings (SSSR count). The number of nitrogens with zero attached hydrogens (tertiary/aromatic N) is 2. The van der Waals surface area contributed by atoms with Crippen molar-refractivity contribution in [2.75, 3.05) is 40.3 Å². The minimum absolute atomic E-state index is 0.0369. The normalized spacial score (nSPS) is 16.6. The molecular weight excluding hydrogens is 475 g/mol. The van der Waals surface area contributed by atoms with Gasteiger partial charge in [-0.1, -0.05) is 18.7 Å². The third-order valence-electron chi connectivity index (χ3n) is 6.70. The van der Waals surface area contributed by atoms with Crippen LogP contribution in [0.1, 0.15) is 50.4 Å². The van der Waals surface area contributed by atoms with Gasteiger partial charge in [0, 0.05) is 51.9 Å². The topological polar surface area (TPSA) is 91.0 Å². The minimum atomic E-state index is -0.613. The number of nitrogens with one attached hydrogen (secondary N) is 2. The van der Waals surface area contributed by atoms with Crippen molar-refractivity contribution < 1.29 is 23.5 Å². The van der Waals surface area contributed by atoms with Crippen LogP contribution in [0.3, 0.4) is 0 Å². The first-order chi connectivity index (χ1) is 17.6. The number of piperazine rings is 1. The number of amides is 3. The molecule has 1 aliphatic rings. The highest BCUT2D eigenvalue weighted by molar-refractivity contribution is 6.02. The molecule has 0 unspecified atom stereocenters. The van der Waals surface area contributed by atoms with E-state index in [2.05, 4.69) is 22.1 Å². The molecule has 1 saturated heterocycles. The third kappa shape index (κ3) is 6.35. The average molecular weight is 511 g/mol. The van der Waals surface area contributed by atoms with Gasteiger partial charge in [0.1, 0.15) is 17.7 Å². The highest BCUT2D eigenvalue weighted by Gasteiger charge is 2.29. The van der Waals surface area contributed by atoms with E-state index in [0.717, 1.165) is 0 Å². The van der Waals surface area contributed by atoms with Gasteiger partial charge in [-0.3, -0.25) is 19.3 Å². The van der Waals surface area contributed by atoms with E-state index in [1.165, 1.54) is 32.3 Å². The standard InChI is InChI=1S/C28H35FN4O4/c1-7-26(34)33-11-10-32(15-19(33)4)16-25(20-9-8-17(2)23(29)13-20)37-24-12-18(3)21(27(35)30-5)14-22(24)28(36)31-6/h7-9,12-14,19,25H,1,10-11,15-16H2,2-6H3,(H,30,35)(H,31,36)/t19-,25-/m1/s1. The van der Waals surface area contributed by atoms with Gasteiger partial charge in [0.05, 0.1) is 5.56 Å². The zero-order valence-electron chi connectivity index (χ0n) is 22.1. The molecule has 1 heterocycles. The van der Waals surface area contributed by atoms with Gasteiger partial charge in [0.25, 0.3) is 11.8 Å². The summed E-state index contributed by atoms with van der Waals surface area (Å²) in [5.41, 5.74) is 2.35. The van der Waals surface area contributed by atoms with Gasteiger partial charge >= 0.3 is 0 Å². The Balaban J connectivity index is 1.98. The molecule has 2 aromatic rings. The molecule has 0 spiro atoms. The van der Waals surface area contributed by atoms with Crippen LogP contribution in [0.15, 0.2) is 43.0 Å². The van der Waals surface area contributed by atoms with Crippen molar-refractivity contribution in [3.05, 3.63) is 76.6 Å². The van der Waals surface area contributed by atoms with E-state index in [9.17, 15) is 18.8 Å². The van der Waals surface area contributed by atoms with Crippen molar-refractivity contribution in [2.24, 2.45) is 0 Å². The van der Waals surface area contributed by atoms with Crippen LogP contribution in [0, 0.1) is 19.7 Å². The van der Waals surface area contributed by atoms with Gasteiger partial charge in [0.15, 0.2) is 0 Å². The fourth-order valence-corrected chi connectivity index (χ4v) is 4.52. The van der Waals surface area contributed by atoms with Gasteiger partial charge < -0.3 is 20.3 Å². The number of hydrogen-bond donors (Lipinski definition) is 2. The zero-order chi connectivity index (χ0) is 27.3. The lowest BCUT2D eigenvalue weighted by Gasteiger charge is -2.40. The second kappa shape index (κ2) is 12.0. The smallest absolute Gasteiger partial charge is 0.254 e. The van der Waals surface area contributed by atoms with Crippen molar-refractivity contribution in [1.29, 1.82) is 0 Å². The maximum atomic E-state index is 14.6. The zero-order valence-corrected chi connectivity index (χ0v) is 22.1. The summed E-state index contributed by atoms with van der Waals surface area (Å²) in [6.07, 6.45) is 0.704. The molecule has 2 aromatic carbocycles. The molecular formula is C28H35FN4O4. The molecule has 0 aromatic heterocycles. The summed E-state index contributed by atoms with van der Waals surface area (Å²) >= 11 is 0. The highest BCUT2D eigenvalue weighted by atomic mass is 19.1. The summed E-state index contributed by atoms with van der Waals surface area (Å²) < 4.78 is 21.0. The fraction of sp³-hybridized carbons (Fsp3) is 0.393. The van der Waals surface area contributed by atoms with E-state index in [1.807, 2.05) is 13.0 Å². The van der Waals surface area contributed by atoms with Crippen LogP contribution in [0.2, 0.25) is 0 Å². The van der Waals surface area contributed by atoms with Crippen molar-refractivity contribution >= 4 is 17.7 Å². The summed E-state index contributed by atoms with van der Waals surface area (Å²) in [5, 5.41) is 5.18. The van der Waals surface area contributed by atoms with Crippen LogP contribution in [0.4, 0.5) is 4.39 Å². The number of hydrogen-bond acceptors (Lipinski definition) is 5. The Kier molecular flexibility index (Phi) is 9.04. The Bertz CT molecular complexity index is 1200. The molecule has 2 atom stereocenters. The van der Waals surface area contributed by atoms with Crippen molar-refractivity contribution in [3.63, 3.8) is 0 Å². The quantitative estimate of drug-likeness (QED) is 0.533. The van der Waals surface area contributed by atoms with Gasteiger partial charge in [0.2, 0.25) is 5.91 Å². The van der Waals surface area contributed by atoms with E-state index in [-0.39, 0.29) is 29.2 Å². The van der Waals surface area contributed by atoms with Crippen LogP contribution in [0.25, 0.3) is 0 Å². The highest BCUT2D eigenvalue weighted by Crippen LogP contribution is 2.31. The van der Waals surface area contributed by atoms with E-state index < -0.39 is 12.0 Å². The van der Waals surface area contributed by atoms with Gasteiger partial charge in [-0.2, -0.15) is 0 Å². The molecule has 1 aliphatic heterocycles. The third-order valence-corrected chi connectivity index (χ3v) is 6.70. The van der Waals surface area contributed by atoms with E-state index in [0.29, 0.717) is 54.2 Å². The van der Waals surface area contributed by atoms with Gasteiger partial charge in [-0.15, -0.1) is 0 Å². The molecule has 37 heavy (non-hydrogen) atoms. The second-order valence-corrected chi connectivity index (χ2v) is 9.28. The van der Waals surface area contributed by atoms with Crippen LogP contribution in [-0.2, 0) is 4.79 Å². The Labute approximate surface area is 217 Å². The minimum Gasteiger partial charge on any atom is -0.484 e. The molecule has 0 bridgehead atoms. The van der Waals surface area contributed by atoms with Crippen LogP contribution in [0.5, 0.6) is 5.75 Å². The van der Waals surface area contributed by atoms with Gasteiger partial charge in [-0.25, -0.2) is 4.39 Å². The summed E-state index contributed by atoms with van der Waals surface area (Å²) in [6, 6.07) is 8.10. The summed E-state index contributed by atoms with van der Waals surface area (Å²) in [5.74, 6) is -0.878. The summed E-state index contributed by atoms with van der Waals surface area (Å²) in [7, 11) is 3.03. The van der Waals surface area contributed by atoms with Crippen LogP contribution in [-0.4, -0.2) is 73.8 Å². The Morgan fingerprint density at radius 1 is 1.08 bits per heavy atom. The summed E-state index contributed by atoms with van der Waals surface area (Å²) in [6.45, 7) is 11.2. The molecule has 8 nitrogen and oxygen atoms in total. The fourth-order valence-electron chi connectivity index (χ4n) is 4.52. The molecule has 9 heteroatoms. The number of benzene rings is 2. The lowest BCUT2D eigenvalue weighted by Crippen LogP contribution is -2.54. The SMILES string of the molecule is C=CC(=O)N1CCN(C[C@@H](Oc2cc(C)c(C(=O)NC)cc2C(=O)NC)c2ccc(C)c(F)c2)C[C@H]1C. The summed E-state index contributed by atoms with van der Waals surface area (Å²) in [4.78, 5) is 41.2. The number of aryl methyl sites for hydroxylation is 2. The number of carbonyl (C=O) groups excluding carboxylic acids is 3. The number of ether oxygens (including phenoxy) is 1. The van der Waals surface area contributed by atoms with Gasteiger partial charge in [-0.05, 0) is 61.7 Å². The molecule has 3 amide bonds. The van der Waals surface area contributed by atoms with Crippen molar-refractivity contribution in [1.82, 2.24) is 20.4 Å². The first-order valence-electron chi connectivity index (χ1n) is 12.3. The van der Waals surface area contributed by atoms with E-state index in [4.69, 9.17) is 4.74 Å². The monoisotopic (exact) mass is 510 g/mol. The molecule has 198 valence electrons. The maximum absolute atomic E-state index is 14.6. The Hall–Kier alpha value is -3.72. The van der Waals surface area contributed by atoms with Crippen molar-refractivity contribution in [2.45, 2.75) is 32.9 Å². The first-order valence-corrected chi connectivity index (χ1v) is 12.3. The number of halogens is 1. The van der Waals surface area contributed by atoms with Crippen LogP contribution < -0.4 is 15.4 Å². The second-order valence-electron chi connectivity index (χ2n) is 9.28. The van der Waals surface area contributed by atoms with E-state index in [1.54, 1.807) is 30.9 Å². The maximum Gasteiger partial charge on any atom is 0.254 e. The number of carbonyl (C=O) groups is 3. The molecule has 0 saturated carbocycles. The predicted molar refractivity (Wildman–Crippen MR) is 140 cm³/mol. The average Bonchev–Trinajstić information content (AvgIpc) is 2.88. The predicted octanol–water partition coefficient (Wildman–Crippen LogP) is 3.00. The number of rotatable bonds is 8. The Morgan fingerprint density at radius 3 is 2.35 bits per heavy atom. The largest absolute Gasteiger partial charge is 0.484 e. The molecule has 0 radical (unpaired) electrons. The molecule has 2 N–H and O–H groups in total. The molecule has 0 aliphatic carbocycles. The Morgan fingerprint density at radius 2 is 1.76 bits per heavy atom. The van der Waals surface area contributed by atoms with Crippen LogP contribution >= 0.6 is 0 Å². The lowest BCUT2D eigenvalue weighted by molar-refractivity contribution is -0.130. The lowest BCUT2D eigenvalue weighted by atomic mass is 10.0. The van der Waals surface area contributed by atoms with E-state index >= 15 is 0 Å². The first kappa shape index (κ1) is 27.9. The molecule has 1 fully saturated rings.